The van der Waals surface area contributed by atoms with Crippen molar-refractivity contribution in [2.24, 2.45) is 0 Å². The summed E-state index contributed by atoms with van der Waals surface area (Å²) in [5.74, 6) is 2.53. The van der Waals surface area contributed by atoms with Crippen LogP contribution in [-0.4, -0.2) is 40.8 Å². The Morgan fingerprint density at radius 1 is 0.812 bits per heavy atom. The minimum Gasteiger partial charge on any atom is -0.493 e. The average molecular weight is 426 g/mol. The van der Waals surface area contributed by atoms with Gasteiger partial charge in [0.1, 0.15) is 11.0 Å². The van der Waals surface area contributed by atoms with Crippen LogP contribution in [0.5, 0.6) is 17.4 Å². The predicted molar refractivity (Wildman–Crippen MR) is 124 cm³/mol. The molecule has 3 heterocycles. The summed E-state index contributed by atoms with van der Waals surface area (Å²) in [5, 5.41) is 1.00. The van der Waals surface area contributed by atoms with Crippen LogP contribution in [-0.2, 0) is 0 Å². The molecule has 160 valence electrons. The van der Waals surface area contributed by atoms with Gasteiger partial charge in [0.2, 0.25) is 5.88 Å². The Kier molecular flexibility index (Phi) is 5.07. The highest BCUT2D eigenvalue weighted by Crippen LogP contribution is 2.36. The van der Waals surface area contributed by atoms with Gasteiger partial charge in [-0.15, -0.1) is 0 Å². The number of H-pyrrole nitrogens is 1. The number of fused-ring (bicyclic) bond motifs is 3. The van der Waals surface area contributed by atoms with Crippen LogP contribution in [0.4, 0.5) is 0 Å². The van der Waals surface area contributed by atoms with E-state index in [2.05, 4.69) is 33.2 Å². The van der Waals surface area contributed by atoms with Gasteiger partial charge in [0.05, 0.1) is 20.8 Å². The smallest absolute Gasteiger partial charge is 0.242 e. The molecule has 7 nitrogen and oxygen atoms in total. The number of hydrogen-bond acceptors (Lipinski definition) is 6. The van der Waals surface area contributed by atoms with Crippen LogP contribution in [0.25, 0.3) is 44.5 Å². The van der Waals surface area contributed by atoms with Crippen molar-refractivity contribution in [3.8, 4) is 39.9 Å². The minimum atomic E-state index is 0.508. The first-order valence-electron chi connectivity index (χ1n) is 10.3. The number of benzene rings is 2. The fraction of sp³-hybridized carbons (Fsp3) is 0.160. The summed E-state index contributed by atoms with van der Waals surface area (Å²) in [6.45, 7) is 2.45. The Bertz CT molecular complexity index is 1410. The number of nitrogens with one attached hydrogen (secondary N) is 1. The number of ether oxygens (including phenoxy) is 3. The van der Waals surface area contributed by atoms with Crippen LogP contribution >= 0.6 is 0 Å². The van der Waals surface area contributed by atoms with Crippen molar-refractivity contribution >= 4 is 21.9 Å². The van der Waals surface area contributed by atoms with Crippen molar-refractivity contribution in [2.45, 2.75) is 6.92 Å². The van der Waals surface area contributed by atoms with Gasteiger partial charge in [-0.2, -0.15) is 4.98 Å². The molecule has 0 aliphatic carbocycles. The van der Waals surface area contributed by atoms with E-state index in [-0.39, 0.29) is 0 Å². The number of rotatable bonds is 6. The molecule has 7 heteroatoms. The molecule has 3 aromatic heterocycles. The fourth-order valence-electron chi connectivity index (χ4n) is 3.80. The van der Waals surface area contributed by atoms with Gasteiger partial charge in [0.25, 0.3) is 0 Å². The van der Waals surface area contributed by atoms with E-state index in [1.807, 2.05) is 37.3 Å². The molecule has 5 aromatic rings. The maximum atomic E-state index is 5.85. The zero-order valence-electron chi connectivity index (χ0n) is 18.0. The molecule has 0 saturated heterocycles. The molecule has 0 radical (unpaired) electrons. The van der Waals surface area contributed by atoms with E-state index in [0.717, 1.165) is 38.6 Å². The lowest BCUT2D eigenvalue weighted by atomic mass is 10.0. The Hall–Kier alpha value is -4.13. The third kappa shape index (κ3) is 3.37. The molecule has 32 heavy (non-hydrogen) atoms. The fourth-order valence-corrected chi connectivity index (χ4v) is 3.80. The van der Waals surface area contributed by atoms with Gasteiger partial charge in [0.15, 0.2) is 17.3 Å². The second kappa shape index (κ2) is 8.19. The lowest BCUT2D eigenvalue weighted by Crippen LogP contribution is -1.99. The van der Waals surface area contributed by atoms with Gasteiger partial charge in [-0.3, -0.25) is 4.98 Å². The first kappa shape index (κ1) is 19.8. The standard InChI is InChI=1S/C25H22N4O3/c1-4-32-25-23-22(28-24(29-25)15-9-11-26-12-10-15)18-7-5-16(13-19(18)27-23)17-6-8-20(30-2)21(14-17)31-3/h5-14,27H,4H2,1-3H3. The lowest BCUT2D eigenvalue weighted by Gasteiger charge is -2.09. The highest BCUT2D eigenvalue weighted by Gasteiger charge is 2.16. The van der Waals surface area contributed by atoms with Crippen molar-refractivity contribution in [2.75, 3.05) is 20.8 Å². The maximum Gasteiger partial charge on any atom is 0.242 e. The maximum absolute atomic E-state index is 5.85. The summed E-state index contributed by atoms with van der Waals surface area (Å²) >= 11 is 0. The minimum absolute atomic E-state index is 0.508. The summed E-state index contributed by atoms with van der Waals surface area (Å²) in [4.78, 5) is 17.0. The van der Waals surface area contributed by atoms with Crippen molar-refractivity contribution in [1.82, 2.24) is 19.9 Å². The van der Waals surface area contributed by atoms with E-state index in [9.17, 15) is 0 Å². The average Bonchev–Trinajstić information content (AvgIpc) is 3.22. The topological polar surface area (TPSA) is 82.2 Å². The first-order chi connectivity index (χ1) is 15.7. The summed E-state index contributed by atoms with van der Waals surface area (Å²) in [5.41, 5.74) is 5.52. The normalized spacial score (nSPS) is 11.1. The molecule has 2 aromatic carbocycles. The monoisotopic (exact) mass is 426 g/mol. The van der Waals surface area contributed by atoms with E-state index >= 15 is 0 Å². The van der Waals surface area contributed by atoms with Crippen LogP contribution in [0.15, 0.2) is 60.9 Å². The molecular formula is C25H22N4O3. The molecule has 0 bridgehead atoms. The molecule has 0 spiro atoms. The van der Waals surface area contributed by atoms with Gasteiger partial charge in [-0.05, 0) is 48.4 Å². The van der Waals surface area contributed by atoms with Crippen LogP contribution in [0.3, 0.4) is 0 Å². The lowest BCUT2D eigenvalue weighted by molar-refractivity contribution is 0.330. The third-order valence-corrected chi connectivity index (χ3v) is 5.35. The summed E-state index contributed by atoms with van der Waals surface area (Å²) in [6.07, 6.45) is 3.46. The van der Waals surface area contributed by atoms with E-state index in [1.54, 1.807) is 26.6 Å². The summed E-state index contributed by atoms with van der Waals surface area (Å²) < 4.78 is 16.7. The first-order valence-corrected chi connectivity index (χ1v) is 10.3. The van der Waals surface area contributed by atoms with E-state index in [0.29, 0.717) is 29.8 Å². The highest BCUT2D eigenvalue weighted by atomic mass is 16.5. The number of methoxy groups -OCH3 is 2. The number of aromatic amines is 1. The van der Waals surface area contributed by atoms with Crippen LogP contribution in [0.2, 0.25) is 0 Å². The SMILES string of the molecule is CCOc1nc(-c2ccncc2)nc2c1[nH]c1cc(-c3ccc(OC)c(OC)c3)ccc12. The second-order valence-electron chi connectivity index (χ2n) is 7.20. The van der Waals surface area contributed by atoms with Gasteiger partial charge in [0, 0.05) is 28.9 Å². The zero-order valence-corrected chi connectivity index (χ0v) is 18.0. The molecule has 5 rings (SSSR count). The molecule has 1 N–H and O–H groups in total. The molecular weight excluding hydrogens is 404 g/mol. The Morgan fingerprint density at radius 3 is 2.31 bits per heavy atom. The number of hydrogen-bond donors (Lipinski definition) is 1. The molecule has 0 unspecified atom stereocenters. The molecule has 0 aliphatic rings. The summed E-state index contributed by atoms with van der Waals surface area (Å²) in [7, 11) is 3.27. The number of nitrogens with zero attached hydrogens (tertiary/aromatic N) is 3. The molecule has 0 fully saturated rings. The predicted octanol–water partition coefficient (Wildman–Crippen LogP) is 5.26. The molecule has 0 atom stereocenters. The Balaban J connectivity index is 1.68. The number of aromatic nitrogens is 4. The zero-order chi connectivity index (χ0) is 22.1. The summed E-state index contributed by atoms with van der Waals surface area (Å²) in [6, 6.07) is 15.9. The van der Waals surface area contributed by atoms with E-state index in [4.69, 9.17) is 19.2 Å². The molecule has 0 amide bonds. The van der Waals surface area contributed by atoms with Gasteiger partial charge in [-0.1, -0.05) is 18.2 Å². The van der Waals surface area contributed by atoms with Crippen LogP contribution in [0.1, 0.15) is 6.92 Å². The Labute approximate surface area is 185 Å². The van der Waals surface area contributed by atoms with Crippen molar-refractivity contribution in [1.29, 1.82) is 0 Å². The van der Waals surface area contributed by atoms with E-state index in [1.165, 1.54) is 0 Å². The Morgan fingerprint density at radius 2 is 1.56 bits per heavy atom. The van der Waals surface area contributed by atoms with Crippen LogP contribution < -0.4 is 14.2 Å². The van der Waals surface area contributed by atoms with E-state index < -0.39 is 0 Å². The number of pyridine rings is 1. The third-order valence-electron chi connectivity index (χ3n) is 5.35. The highest BCUT2D eigenvalue weighted by molar-refractivity contribution is 6.08. The van der Waals surface area contributed by atoms with Crippen LogP contribution in [0, 0.1) is 0 Å². The van der Waals surface area contributed by atoms with Gasteiger partial charge in [-0.25, -0.2) is 4.98 Å². The van der Waals surface area contributed by atoms with Gasteiger partial charge >= 0.3 is 0 Å². The quantitative estimate of drug-likeness (QED) is 0.399. The second-order valence-corrected chi connectivity index (χ2v) is 7.20. The molecule has 0 aliphatic heterocycles. The molecule has 0 saturated carbocycles. The largest absolute Gasteiger partial charge is 0.493 e. The van der Waals surface area contributed by atoms with Crippen molar-refractivity contribution in [3.63, 3.8) is 0 Å². The van der Waals surface area contributed by atoms with Crippen molar-refractivity contribution in [3.05, 3.63) is 60.9 Å². The van der Waals surface area contributed by atoms with Gasteiger partial charge < -0.3 is 19.2 Å². The van der Waals surface area contributed by atoms with Crippen molar-refractivity contribution < 1.29 is 14.2 Å².